The van der Waals surface area contributed by atoms with Crippen molar-refractivity contribution in [1.82, 2.24) is 10.2 Å². The number of aliphatic hydroxyl groups is 1. The maximum Gasteiger partial charge on any atom is 0.311 e. The van der Waals surface area contributed by atoms with E-state index < -0.39 is 11.8 Å². The molecule has 0 saturated heterocycles. The maximum atomic E-state index is 12.0. The van der Waals surface area contributed by atoms with Gasteiger partial charge in [-0.05, 0) is 24.8 Å². The van der Waals surface area contributed by atoms with Crippen LogP contribution in [0.1, 0.15) is 18.4 Å². The predicted molar refractivity (Wildman–Crippen MR) is 75.0 cm³/mol. The molecule has 108 valence electrons. The van der Waals surface area contributed by atoms with Crippen LogP contribution in [0.3, 0.4) is 0 Å². The quantitative estimate of drug-likeness (QED) is 0.736. The first-order valence-corrected chi connectivity index (χ1v) is 6.95. The Morgan fingerprint density at radius 1 is 1.20 bits per heavy atom. The first-order chi connectivity index (χ1) is 9.70. The fourth-order valence-electron chi connectivity index (χ4n) is 1.96. The largest absolute Gasteiger partial charge is 0.395 e. The van der Waals surface area contributed by atoms with Gasteiger partial charge in [-0.2, -0.15) is 0 Å². The third-order valence-corrected chi connectivity index (χ3v) is 3.28. The van der Waals surface area contributed by atoms with Gasteiger partial charge in [0, 0.05) is 19.1 Å². The van der Waals surface area contributed by atoms with Gasteiger partial charge in [-0.1, -0.05) is 30.3 Å². The monoisotopic (exact) mass is 276 g/mol. The van der Waals surface area contributed by atoms with Gasteiger partial charge in [-0.3, -0.25) is 9.59 Å². The van der Waals surface area contributed by atoms with E-state index >= 15 is 0 Å². The molecule has 1 saturated carbocycles. The van der Waals surface area contributed by atoms with Gasteiger partial charge in [0.25, 0.3) is 0 Å². The number of amides is 2. The van der Waals surface area contributed by atoms with E-state index in [9.17, 15) is 9.59 Å². The van der Waals surface area contributed by atoms with E-state index in [2.05, 4.69) is 5.32 Å². The van der Waals surface area contributed by atoms with Crippen molar-refractivity contribution in [3.05, 3.63) is 35.9 Å². The second-order valence-corrected chi connectivity index (χ2v) is 5.00. The normalized spacial score (nSPS) is 13.8. The molecule has 1 fully saturated rings. The Hall–Kier alpha value is -1.88. The minimum atomic E-state index is -0.561. The molecule has 0 bridgehead atoms. The summed E-state index contributed by atoms with van der Waals surface area (Å²) in [7, 11) is 0. The van der Waals surface area contributed by atoms with Gasteiger partial charge < -0.3 is 15.3 Å². The summed E-state index contributed by atoms with van der Waals surface area (Å²) in [4.78, 5) is 25.2. The summed E-state index contributed by atoms with van der Waals surface area (Å²) in [5, 5.41) is 11.7. The van der Waals surface area contributed by atoms with E-state index in [1.54, 1.807) is 0 Å². The molecular weight excluding hydrogens is 256 g/mol. The van der Waals surface area contributed by atoms with Crippen molar-refractivity contribution in [3.63, 3.8) is 0 Å². The number of hydrogen-bond donors (Lipinski definition) is 2. The zero-order valence-corrected chi connectivity index (χ0v) is 11.4. The topological polar surface area (TPSA) is 69.6 Å². The highest BCUT2D eigenvalue weighted by atomic mass is 16.3. The minimum absolute atomic E-state index is 0.142. The van der Waals surface area contributed by atoms with Gasteiger partial charge in [-0.25, -0.2) is 0 Å². The van der Waals surface area contributed by atoms with E-state index in [1.165, 1.54) is 4.90 Å². The lowest BCUT2D eigenvalue weighted by Crippen LogP contribution is -2.45. The average molecular weight is 276 g/mol. The Balaban J connectivity index is 1.88. The molecule has 0 atom stereocenters. The van der Waals surface area contributed by atoms with Crippen molar-refractivity contribution in [3.8, 4) is 0 Å². The molecule has 1 aliphatic carbocycles. The van der Waals surface area contributed by atoms with Crippen LogP contribution < -0.4 is 5.32 Å². The fourth-order valence-corrected chi connectivity index (χ4v) is 1.96. The van der Waals surface area contributed by atoms with Gasteiger partial charge in [0.05, 0.1) is 6.61 Å². The zero-order chi connectivity index (χ0) is 14.4. The molecular formula is C15H20N2O3. The molecule has 2 amide bonds. The van der Waals surface area contributed by atoms with Crippen molar-refractivity contribution in [2.24, 2.45) is 0 Å². The van der Waals surface area contributed by atoms with E-state index in [4.69, 9.17) is 5.11 Å². The standard InChI is InChI=1S/C15H20N2O3/c18-11-10-17(9-8-12-4-2-1-3-5-12)15(20)14(19)16-13-6-7-13/h1-5,13,18H,6-11H2,(H,16,19). The van der Waals surface area contributed by atoms with Crippen molar-refractivity contribution in [1.29, 1.82) is 0 Å². The van der Waals surface area contributed by atoms with Crippen molar-refractivity contribution < 1.29 is 14.7 Å². The van der Waals surface area contributed by atoms with Crippen LogP contribution in [0, 0.1) is 0 Å². The summed E-state index contributed by atoms with van der Waals surface area (Å²) >= 11 is 0. The van der Waals surface area contributed by atoms with Gasteiger partial charge in [0.1, 0.15) is 0 Å². The highest BCUT2D eigenvalue weighted by Gasteiger charge is 2.28. The number of benzene rings is 1. The molecule has 0 radical (unpaired) electrons. The second-order valence-electron chi connectivity index (χ2n) is 5.00. The number of nitrogens with one attached hydrogen (secondary N) is 1. The van der Waals surface area contributed by atoms with Crippen molar-refractivity contribution in [2.75, 3.05) is 19.7 Å². The number of aliphatic hydroxyl groups excluding tert-OH is 1. The maximum absolute atomic E-state index is 12.0. The molecule has 5 heteroatoms. The number of nitrogens with zero attached hydrogens (tertiary/aromatic N) is 1. The van der Waals surface area contributed by atoms with E-state index in [1.807, 2.05) is 30.3 Å². The number of carbonyl (C=O) groups is 2. The fraction of sp³-hybridized carbons (Fsp3) is 0.467. The van der Waals surface area contributed by atoms with Crippen LogP contribution in [0.2, 0.25) is 0 Å². The summed E-state index contributed by atoms with van der Waals surface area (Å²) in [5.41, 5.74) is 1.10. The van der Waals surface area contributed by atoms with Crippen LogP contribution in [0.4, 0.5) is 0 Å². The lowest BCUT2D eigenvalue weighted by Gasteiger charge is -2.21. The molecule has 5 nitrogen and oxygen atoms in total. The Morgan fingerprint density at radius 2 is 1.90 bits per heavy atom. The summed E-state index contributed by atoms with van der Waals surface area (Å²) < 4.78 is 0. The average Bonchev–Trinajstić information content (AvgIpc) is 3.27. The highest BCUT2D eigenvalue weighted by molar-refractivity contribution is 6.35. The zero-order valence-electron chi connectivity index (χ0n) is 11.4. The van der Waals surface area contributed by atoms with Crippen LogP contribution in [-0.2, 0) is 16.0 Å². The summed E-state index contributed by atoms with van der Waals surface area (Å²) in [6.07, 6.45) is 2.56. The Kier molecular flexibility index (Phi) is 5.12. The van der Waals surface area contributed by atoms with Crippen LogP contribution in [0.5, 0.6) is 0 Å². The molecule has 0 aromatic heterocycles. The number of rotatable bonds is 6. The molecule has 1 aromatic carbocycles. The summed E-state index contributed by atoms with van der Waals surface area (Å²) in [6.45, 7) is 0.475. The van der Waals surface area contributed by atoms with Crippen LogP contribution in [0.15, 0.2) is 30.3 Å². The van der Waals surface area contributed by atoms with E-state index in [0.717, 1.165) is 18.4 Å². The smallest absolute Gasteiger partial charge is 0.311 e. The third kappa shape index (κ3) is 4.35. The molecule has 1 aromatic rings. The molecule has 0 spiro atoms. The first kappa shape index (κ1) is 14.5. The van der Waals surface area contributed by atoms with E-state index in [-0.39, 0.29) is 19.2 Å². The number of hydrogen-bond acceptors (Lipinski definition) is 3. The molecule has 2 N–H and O–H groups in total. The van der Waals surface area contributed by atoms with E-state index in [0.29, 0.717) is 13.0 Å². The molecule has 1 aliphatic rings. The van der Waals surface area contributed by atoms with Crippen molar-refractivity contribution in [2.45, 2.75) is 25.3 Å². The molecule has 2 rings (SSSR count). The van der Waals surface area contributed by atoms with Crippen LogP contribution >= 0.6 is 0 Å². The molecule has 0 unspecified atom stereocenters. The lowest BCUT2D eigenvalue weighted by atomic mass is 10.1. The Bertz CT molecular complexity index is 457. The molecule has 0 heterocycles. The molecule has 20 heavy (non-hydrogen) atoms. The van der Waals surface area contributed by atoms with Gasteiger partial charge in [0.2, 0.25) is 0 Å². The highest BCUT2D eigenvalue weighted by Crippen LogP contribution is 2.18. The van der Waals surface area contributed by atoms with Gasteiger partial charge in [-0.15, -0.1) is 0 Å². The Morgan fingerprint density at radius 3 is 2.50 bits per heavy atom. The second kappa shape index (κ2) is 7.05. The Labute approximate surface area is 118 Å². The van der Waals surface area contributed by atoms with Crippen molar-refractivity contribution >= 4 is 11.8 Å². The lowest BCUT2D eigenvalue weighted by molar-refractivity contribution is -0.146. The number of carbonyl (C=O) groups excluding carboxylic acids is 2. The van der Waals surface area contributed by atoms with Crippen LogP contribution in [0.25, 0.3) is 0 Å². The third-order valence-electron chi connectivity index (χ3n) is 3.28. The minimum Gasteiger partial charge on any atom is -0.395 e. The molecule has 0 aliphatic heterocycles. The van der Waals surface area contributed by atoms with Crippen LogP contribution in [-0.4, -0.2) is 47.6 Å². The first-order valence-electron chi connectivity index (χ1n) is 6.95. The summed E-state index contributed by atoms with van der Waals surface area (Å²) in [6, 6.07) is 9.93. The predicted octanol–water partition coefficient (Wildman–Crippen LogP) is 0.329. The van der Waals surface area contributed by atoms with Gasteiger partial charge >= 0.3 is 11.8 Å². The summed E-state index contributed by atoms with van der Waals surface area (Å²) in [5.74, 6) is -1.11. The van der Waals surface area contributed by atoms with Gasteiger partial charge in [0.15, 0.2) is 0 Å². The SMILES string of the molecule is O=C(NC1CC1)C(=O)N(CCO)CCc1ccccc1.